The van der Waals surface area contributed by atoms with Crippen molar-refractivity contribution in [1.29, 1.82) is 0 Å². The number of benzene rings is 1. The van der Waals surface area contributed by atoms with Crippen LogP contribution in [-0.4, -0.2) is 61.2 Å². The molecule has 1 aromatic rings. The van der Waals surface area contributed by atoms with Crippen molar-refractivity contribution in [2.75, 3.05) is 33.8 Å². The zero-order valence-corrected chi connectivity index (χ0v) is 20.5. The molecule has 2 amide bonds. The molecule has 7 heteroatoms. The lowest BCUT2D eigenvalue weighted by molar-refractivity contribution is 0.0160. The van der Waals surface area contributed by atoms with E-state index in [1.165, 1.54) is 4.90 Å². The molecule has 2 rings (SSSR count). The minimum absolute atomic E-state index is 0.122. The fourth-order valence-electron chi connectivity index (χ4n) is 3.81. The van der Waals surface area contributed by atoms with Crippen molar-refractivity contribution < 1.29 is 19.1 Å². The second-order valence-electron chi connectivity index (χ2n) is 9.61. The van der Waals surface area contributed by atoms with E-state index in [9.17, 15) is 9.59 Å². The van der Waals surface area contributed by atoms with Gasteiger partial charge in [-0.05, 0) is 76.5 Å². The van der Waals surface area contributed by atoms with Gasteiger partial charge in [-0.3, -0.25) is 4.79 Å². The Bertz CT molecular complexity index is 752. The third-order valence-electron chi connectivity index (χ3n) is 5.65. The number of hydrogen-bond donors (Lipinski definition) is 0. The summed E-state index contributed by atoms with van der Waals surface area (Å²) in [5, 5.41) is 0.404. The summed E-state index contributed by atoms with van der Waals surface area (Å²) in [7, 11) is 3.40. The van der Waals surface area contributed by atoms with E-state index in [4.69, 9.17) is 21.1 Å². The SMILES string of the molecule is CC(CCCOc1ccc(C(=O)N(C)C)c(Cl)c1)C1CCN(C(=O)OC(C)(C)C)CC1. The molecule has 0 aliphatic carbocycles. The van der Waals surface area contributed by atoms with Crippen molar-refractivity contribution in [3.05, 3.63) is 28.8 Å². The highest BCUT2D eigenvalue weighted by Crippen LogP contribution is 2.29. The zero-order valence-electron chi connectivity index (χ0n) is 19.7. The van der Waals surface area contributed by atoms with Crippen LogP contribution >= 0.6 is 11.6 Å². The summed E-state index contributed by atoms with van der Waals surface area (Å²) < 4.78 is 11.3. The fraction of sp³-hybridized carbons (Fsp3) is 0.667. The van der Waals surface area contributed by atoms with Gasteiger partial charge in [0.1, 0.15) is 11.4 Å². The maximum Gasteiger partial charge on any atom is 0.410 e. The summed E-state index contributed by atoms with van der Waals surface area (Å²) in [5.41, 5.74) is 0.0264. The highest BCUT2D eigenvalue weighted by atomic mass is 35.5. The summed E-state index contributed by atoms with van der Waals surface area (Å²) in [6, 6.07) is 5.20. The van der Waals surface area contributed by atoms with Crippen LogP contribution in [0.1, 0.15) is 63.7 Å². The number of ether oxygens (including phenoxy) is 2. The van der Waals surface area contributed by atoms with Crippen LogP contribution in [0.5, 0.6) is 5.75 Å². The van der Waals surface area contributed by atoms with Crippen LogP contribution in [0.2, 0.25) is 5.02 Å². The Balaban J connectivity index is 1.71. The van der Waals surface area contributed by atoms with Gasteiger partial charge < -0.3 is 19.3 Å². The highest BCUT2D eigenvalue weighted by Gasteiger charge is 2.28. The van der Waals surface area contributed by atoms with Crippen molar-refractivity contribution in [3.63, 3.8) is 0 Å². The molecule has 174 valence electrons. The summed E-state index contributed by atoms with van der Waals surface area (Å²) >= 11 is 6.24. The van der Waals surface area contributed by atoms with E-state index in [1.807, 2.05) is 25.7 Å². The first kappa shape index (κ1) is 25.3. The van der Waals surface area contributed by atoms with E-state index < -0.39 is 5.60 Å². The Morgan fingerprint density at radius 3 is 2.42 bits per heavy atom. The van der Waals surface area contributed by atoms with Crippen molar-refractivity contribution in [2.24, 2.45) is 11.8 Å². The van der Waals surface area contributed by atoms with Gasteiger partial charge in [-0.1, -0.05) is 18.5 Å². The topological polar surface area (TPSA) is 59.1 Å². The Morgan fingerprint density at radius 1 is 1.23 bits per heavy atom. The second-order valence-corrected chi connectivity index (χ2v) is 10.0. The molecule has 0 aromatic heterocycles. The van der Waals surface area contributed by atoms with E-state index in [-0.39, 0.29) is 12.0 Å². The summed E-state index contributed by atoms with van der Waals surface area (Å²) in [6.07, 6.45) is 3.84. The predicted molar refractivity (Wildman–Crippen MR) is 124 cm³/mol. The largest absolute Gasteiger partial charge is 0.494 e. The molecule has 1 unspecified atom stereocenters. The average Bonchev–Trinajstić information content (AvgIpc) is 2.69. The molecule has 1 fully saturated rings. The second kappa shape index (κ2) is 11.1. The molecule has 1 saturated heterocycles. The van der Waals surface area contributed by atoms with Gasteiger partial charge in [0, 0.05) is 27.2 Å². The van der Waals surface area contributed by atoms with Gasteiger partial charge in [0.15, 0.2) is 0 Å². The molecule has 0 N–H and O–H groups in total. The third kappa shape index (κ3) is 7.91. The summed E-state index contributed by atoms with van der Waals surface area (Å²) in [6.45, 7) is 10.1. The first-order chi connectivity index (χ1) is 14.5. The van der Waals surface area contributed by atoms with Crippen LogP contribution in [0.15, 0.2) is 18.2 Å². The molecule has 0 saturated carbocycles. The zero-order chi connectivity index (χ0) is 23.2. The molecule has 6 nitrogen and oxygen atoms in total. The fourth-order valence-corrected chi connectivity index (χ4v) is 4.06. The Hall–Kier alpha value is -1.95. The first-order valence-electron chi connectivity index (χ1n) is 11.1. The van der Waals surface area contributed by atoms with Crippen molar-refractivity contribution in [3.8, 4) is 5.75 Å². The molecular weight excluding hydrogens is 416 g/mol. The van der Waals surface area contributed by atoms with Crippen LogP contribution in [0, 0.1) is 11.8 Å². The van der Waals surface area contributed by atoms with Crippen LogP contribution < -0.4 is 4.74 Å². The van der Waals surface area contributed by atoms with E-state index in [0.717, 1.165) is 38.8 Å². The van der Waals surface area contributed by atoms with Gasteiger partial charge in [-0.25, -0.2) is 4.79 Å². The Morgan fingerprint density at radius 2 is 1.87 bits per heavy atom. The van der Waals surface area contributed by atoms with E-state index >= 15 is 0 Å². The summed E-state index contributed by atoms with van der Waals surface area (Å²) in [4.78, 5) is 27.6. The van der Waals surface area contributed by atoms with Crippen LogP contribution in [0.25, 0.3) is 0 Å². The van der Waals surface area contributed by atoms with Crippen molar-refractivity contribution in [2.45, 2.75) is 59.0 Å². The number of piperidine rings is 1. The maximum atomic E-state index is 12.2. The Labute approximate surface area is 191 Å². The number of carbonyl (C=O) groups is 2. The molecule has 0 bridgehead atoms. The molecule has 1 aliphatic rings. The molecule has 0 spiro atoms. The number of likely N-dealkylation sites (tertiary alicyclic amines) is 1. The van der Waals surface area contributed by atoms with E-state index in [2.05, 4.69) is 6.92 Å². The van der Waals surface area contributed by atoms with Crippen LogP contribution in [0.4, 0.5) is 4.79 Å². The van der Waals surface area contributed by atoms with Crippen molar-refractivity contribution >= 4 is 23.6 Å². The number of amides is 2. The lowest BCUT2D eigenvalue weighted by atomic mass is 9.83. The molecule has 1 atom stereocenters. The van der Waals surface area contributed by atoms with E-state index in [1.54, 1.807) is 32.3 Å². The van der Waals surface area contributed by atoms with Gasteiger partial charge in [-0.2, -0.15) is 0 Å². The third-order valence-corrected chi connectivity index (χ3v) is 5.96. The van der Waals surface area contributed by atoms with Crippen molar-refractivity contribution in [1.82, 2.24) is 9.80 Å². The molecule has 0 radical (unpaired) electrons. The number of halogens is 1. The molecule has 1 heterocycles. The molecule has 31 heavy (non-hydrogen) atoms. The Kier molecular flexibility index (Phi) is 9.04. The number of nitrogens with zero attached hydrogens (tertiary/aromatic N) is 2. The maximum absolute atomic E-state index is 12.2. The first-order valence-corrected chi connectivity index (χ1v) is 11.5. The van der Waals surface area contributed by atoms with Crippen LogP contribution in [-0.2, 0) is 4.74 Å². The number of rotatable bonds is 7. The number of carbonyl (C=O) groups excluding carboxylic acids is 2. The monoisotopic (exact) mass is 452 g/mol. The quantitative estimate of drug-likeness (QED) is 0.513. The van der Waals surface area contributed by atoms with Crippen LogP contribution in [0.3, 0.4) is 0 Å². The van der Waals surface area contributed by atoms with E-state index in [0.29, 0.717) is 34.8 Å². The average molecular weight is 453 g/mol. The van der Waals surface area contributed by atoms with Gasteiger partial charge in [0.25, 0.3) is 5.91 Å². The van der Waals surface area contributed by atoms with Gasteiger partial charge in [0.05, 0.1) is 17.2 Å². The smallest absolute Gasteiger partial charge is 0.410 e. The number of hydrogen-bond acceptors (Lipinski definition) is 4. The molecular formula is C24H37ClN2O4. The molecule has 1 aliphatic heterocycles. The predicted octanol–water partition coefficient (Wildman–Crippen LogP) is 5.48. The minimum atomic E-state index is -0.451. The summed E-state index contributed by atoms with van der Waals surface area (Å²) in [5.74, 6) is 1.75. The standard InChI is InChI=1S/C24H37ClN2O4/c1-17(18-11-13-27(14-12-18)23(29)31-24(2,3)4)8-7-15-30-19-9-10-20(21(25)16-19)22(28)26(5)6/h9-10,16-18H,7-8,11-15H2,1-6H3. The minimum Gasteiger partial charge on any atom is -0.494 e. The van der Waals surface area contributed by atoms with Gasteiger partial charge in [0.2, 0.25) is 0 Å². The van der Waals surface area contributed by atoms with Gasteiger partial charge >= 0.3 is 6.09 Å². The van der Waals surface area contributed by atoms with Gasteiger partial charge in [-0.15, -0.1) is 0 Å². The lowest BCUT2D eigenvalue weighted by Gasteiger charge is -2.35. The normalized spacial score (nSPS) is 16.0. The lowest BCUT2D eigenvalue weighted by Crippen LogP contribution is -2.42. The molecule has 1 aromatic carbocycles. The highest BCUT2D eigenvalue weighted by molar-refractivity contribution is 6.34.